The van der Waals surface area contributed by atoms with Crippen molar-refractivity contribution in [2.24, 2.45) is 0 Å². The van der Waals surface area contributed by atoms with Crippen LogP contribution in [0.25, 0.3) is 16.5 Å². The lowest BCUT2D eigenvalue weighted by Gasteiger charge is -2.43. The van der Waals surface area contributed by atoms with Crippen molar-refractivity contribution in [3.8, 4) is 0 Å². The van der Waals surface area contributed by atoms with Crippen LogP contribution in [0.1, 0.15) is 95.9 Å². The maximum Gasteiger partial charge on any atom is 0.0499 e. The topological polar surface area (TPSA) is 22.3 Å². The quantitative estimate of drug-likeness (QED) is 0.413. The molecule has 2 aliphatic heterocycles. The average molecular weight is 474 g/mol. The van der Waals surface area contributed by atoms with E-state index >= 15 is 0 Å². The summed E-state index contributed by atoms with van der Waals surface area (Å²) in [6, 6.07) is 8.62. The Morgan fingerprint density at radius 3 is 2.43 bits per heavy atom. The highest BCUT2D eigenvalue weighted by Gasteiger charge is 2.30. The van der Waals surface area contributed by atoms with Crippen molar-refractivity contribution in [2.45, 2.75) is 91.1 Å². The van der Waals surface area contributed by atoms with E-state index in [4.69, 9.17) is 0 Å². The minimum Gasteiger partial charge on any atom is -0.354 e. The van der Waals surface area contributed by atoms with Gasteiger partial charge in [0.2, 0.25) is 0 Å². The molecule has 2 fully saturated rings. The normalized spacial score (nSPS) is 21.3. The van der Waals surface area contributed by atoms with Gasteiger partial charge in [0, 0.05) is 35.2 Å². The molecule has 190 valence electrons. The molecule has 1 aromatic carbocycles. The highest BCUT2D eigenvalue weighted by atomic mass is 15.2. The number of piperidine rings is 2. The molecule has 35 heavy (non-hydrogen) atoms. The van der Waals surface area contributed by atoms with Crippen LogP contribution in [0.4, 0.5) is 0 Å². The number of rotatable bonds is 7. The summed E-state index contributed by atoms with van der Waals surface area (Å²) in [6.45, 7) is 22.6. The van der Waals surface area contributed by atoms with Gasteiger partial charge in [-0.05, 0) is 114 Å². The number of H-pyrrole nitrogens is 1. The monoisotopic (exact) mass is 473 g/mol. The molecule has 3 nitrogen and oxygen atoms in total. The molecule has 1 unspecified atom stereocenters. The maximum atomic E-state index is 3.96. The highest BCUT2D eigenvalue weighted by molar-refractivity contribution is 5.92. The fraction of sp³-hybridized carbons (Fsp3) is 0.562. The summed E-state index contributed by atoms with van der Waals surface area (Å²) in [4.78, 5) is 9.23. The van der Waals surface area contributed by atoms with Crippen LogP contribution >= 0.6 is 0 Å². The Hall–Kier alpha value is -2.10. The van der Waals surface area contributed by atoms with Crippen molar-refractivity contribution < 1.29 is 0 Å². The van der Waals surface area contributed by atoms with Gasteiger partial charge in [0.1, 0.15) is 0 Å². The van der Waals surface area contributed by atoms with E-state index in [-0.39, 0.29) is 0 Å². The Morgan fingerprint density at radius 1 is 1.06 bits per heavy atom. The predicted molar refractivity (Wildman–Crippen MR) is 153 cm³/mol. The molecule has 1 atom stereocenters. The number of nitrogens with zero attached hydrogens (tertiary/aromatic N) is 2. The first kappa shape index (κ1) is 26.0. The Bertz CT molecular complexity index is 1070. The van der Waals surface area contributed by atoms with Gasteiger partial charge in [-0.1, -0.05) is 50.3 Å². The first-order valence-corrected chi connectivity index (χ1v) is 13.9. The summed E-state index contributed by atoms with van der Waals surface area (Å²) < 4.78 is 0. The summed E-state index contributed by atoms with van der Waals surface area (Å²) in [6.07, 6.45) is 11.6. The summed E-state index contributed by atoms with van der Waals surface area (Å²) >= 11 is 0. The van der Waals surface area contributed by atoms with Gasteiger partial charge < -0.3 is 4.98 Å². The summed E-state index contributed by atoms with van der Waals surface area (Å²) in [5.41, 5.74) is 7.97. The van der Waals surface area contributed by atoms with Crippen molar-refractivity contribution in [1.82, 2.24) is 14.8 Å². The van der Waals surface area contributed by atoms with Gasteiger partial charge in [-0.3, -0.25) is 9.80 Å². The van der Waals surface area contributed by atoms with Crippen molar-refractivity contribution in [3.63, 3.8) is 0 Å². The number of nitrogens with one attached hydrogen (secondary N) is 1. The van der Waals surface area contributed by atoms with Crippen molar-refractivity contribution in [3.05, 3.63) is 65.4 Å². The van der Waals surface area contributed by atoms with E-state index in [0.29, 0.717) is 17.9 Å². The van der Waals surface area contributed by atoms with Crippen molar-refractivity contribution >= 4 is 16.5 Å². The number of aromatic amines is 1. The number of aromatic nitrogens is 1. The second kappa shape index (κ2) is 11.3. The van der Waals surface area contributed by atoms with Crippen LogP contribution in [0.3, 0.4) is 0 Å². The average Bonchev–Trinajstić information content (AvgIpc) is 3.23. The SMILES string of the molecule is C=C/C=C(\C=C(C)C)c1[nH]c2ccc(C3CCN(C4CCCN(C(C)C)C4)CC3)cc2c1C(C)C. The van der Waals surface area contributed by atoms with Crippen LogP contribution in [0, 0.1) is 0 Å². The third-order valence-electron chi connectivity index (χ3n) is 8.15. The van der Waals surface area contributed by atoms with Crippen molar-refractivity contribution in [2.75, 3.05) is 26.2 Å². The standard InChI is InChI=1S/C32H47N3/c1-8-10-27(19-22(2)3)32-31(23(4)5)29-20-26(12-13-30(29)33-32)25-14-17-34(18-15-25)28-11-9-16-35(21-28)24(6)7/h8,10,12-13,19-20,23-25,28,33H,1,9,11,14-18,21H2,2-7H3/b27-10+. The zero-order valence-corrected chi connectivity index (χ0v) is 23.0. The first-order valence-electron chi connectivity index (χ1n) is 13.9. The van der Waals surface area contributed by atoms with E-state index in [9.17, 15) is 0 Å². The lowest BCUT2D eigenvalue weighted by Crippen LogP contribution is -2.51. The first-order chi connectivity index (χ1) is 16.8. The molecule has 2 saturated heterocycles. The molecule has 2 aliphatic rings. The van der Waals surface area contributed by atoms with E-state index in [0.717, 1.165) is 6.04 Å². The Balaban J connectivity index is 1.55. The smallest absolute Gasteiger partial charge is 0.0499 e. The second-order valence-corrected chi connectivity index (χ2v) is 11.6. The van der Waals surface area contributed by atoms with Crippen LogP contribution in [-0.2, 0) is 0 Å². The van der Waals surface area contributed by atoms with Gasteiger partial charge in [0.05, 0.1) is 0 Å². The number of benzene rings is 1. The van der Waals surface area contributed by atoms with Crippen LogP contribution in [0.5, 0.6) is 0 Å². The maximum absolute atomic E-state index is 3.96. The van der Waals surface area contributed by atoms with E-state index in [2.05, 4.69) is 93.3 Å². The van der Waals surface area contributed by atoms with Gasteiger partial charge in [-0.2, -0.15) is 0 Å². The molecule has 1 aromatic heterocycles. The molecule has 0 bridgehead atoms. The molecule has 0 spiro atoms. The molecule has 3 heteroatoms. The third kappa shape index (κ3) is 5.84. The molecule has 1 N–H and O–H groups in total. The van der Waals surface area contributed by atoms with E-state index in [1.54, 1.807) is 0 Å². The molecule has 0 saturated carbocycles. The van der Waals surface area contributed by atoms with Gasteiger partial charge in [0.15, 0.2) is 0 Å². The van der Waals surface area contributed by atoms with E-state index in [1.165, 1.54) is 90.7 Å². The Labute approximate surface area is 214 Å². The molecule has 0 amide bonds. The fourth-order valence-electron chi connectivity index (χ4n) is 6.30. The Kier molecular flexibility index (Phi) is 8.39. The number of allylic oxidation sites excluding steroid dienone is 5. The van der Waals surface area contributed by atoms with Crippen LogP contribution in [0.2, 0.25) is 0 Å². The second-order valence-electron chi connectivity index (χ2n) is 11.6. The third-order valence-corrected chi connectivity index (χ3v) is 8.15. The number of fused-ring (bicyclic) bond motifs is 1. The van der Waals surface area contributed by atoms with Gasteiger partial charge in [-0.15, -0.1) is 0 Å². The molecule has 2 aromatic rings. The summed E-state index contributed by atoms with van der Waals surface area (Å²) in [7, 11) is 0. The molecular formula is C32H47N3. The molecule has 0 aliphatic carbocycles. The highest BCUT2D eigenvalue weighted by Crippen LogP contribution is 2.38. The van der Waals surface area contributed by atoms with Crippen LogP contribution in [0.15, 0.2) is 48.6 Å². The molecule has 0 radical (unpaired) electrons. The zero-order chi connectivity index (χ0) is 25.1. The lowest BCUT2D eigenvalue weighted by molar-refractivity contribution is 0.0639. The van der Waals surface area contributed by atoms with Gasteiger partial charge >= 0.3 is 0 Å². The predicted octanol–water partition coefficient (Wildman–Crippen LogP) is 7.88. The van der Waals surface area contributed by atoms with Crippen LogP contribution in [-0.4, -0.2) is 53.0 Å². The van der Waals surface area contributed by atoms with Gasteiger partial charge in [-0.25, -0.2) is 0 Å². The zero-order valence-electron chi connectivity index (χ0n) is 23.0. The van der Waals surface area contributed by atoms with E-state index < -0.39 is 0 Å². The molecular weight excluding hydrogens is 426 g/mol. The minimum absolute atomic E-state index is 0.449. The number of hydrogen-bond donors (Lipinski definition) is 1. The lowest BCUT2D eigenvalue weighted by atomic mass is 9.86. The number of hydrogen-bond acceptors (Lipinski definition) is 2. The summed E-state index contributed by atoms with van der Waals surface area (Å²) in [5.74, 6) is 1.12. The molecule has 3 heterocycles. The molecule has 4 rings (SSSR count). The fourth-order valence-corrected chi connectivity index (χ4v) is 6.30. The minimum atomic E-state index is 0.449. The Morgan fingerprint density at radius 2 is 1.80 bits per heavy atom. The number of likely N-dealkylation sites (tertiary alicyclic amines) is 2. The van der Waals surface area contributed by atoms with E-state index in [1.807, 2.05) is 6.08 Å². The van der Waals surface area contributed by atoms with Gasteiger partial charge in [0.25, 0.3) is 0 Å². The summed E-state index contributed by atoms with van der Waals surface area (Å²) in [5, 5.41) is 1.40. The largest absolute Gasteiger partial charge is 0.354 e. The van der Waals surface area contributed by atoms with Crippen molar-refractivity contribution in [1.29, 1.82) is 0 Å². The van der Waals surface area contributed by atoms with Crippen LogP contribution < -0.4 is 0 Å².